The van der Waals surface area contributed by atoms with Crippen molar-refractivity contribution in [3.8, 4) is 22.9 Å². The number of carbonyl (C=O) groups is 2. The van der Waals surface area contributed by atoms with E-state index in [1.807, 2.05) is 11.0 Å². The number of hydrogen-bond acceptors (Lipinski definition) is 9. The molecule has 0 atom stereocenters. The van der Waals surface area contributed by atoms with Gasteiger partial charge >= 0.3 is 0 Å². The van der Waals surface area contributed by atoms with E-state index in [2.05, 4.69) is 20.1 Å². The smallest absolute Gasteiger partial charge is 0.274 e. The van der Waals surface area contributed by atoms with E-state index in [0.29, 0.717) is 35.5 Å². The van der Waals surface area contributed by atoms with Crippen LogP contribution in [0.3, 0.4) is 0 Å². The Hall–Kier alpha value is -3.47. The first-order valence-electron chi connectivity index (χ1n) is 12.8. The lowest BCUT2D eigenvalue weighted by atomic mass is 10.00. The van der Waals surface area contributed by atoms with E-state index in [4.69, 9.17) is 14.0 Å². The predicted octanol–water partition coefficient (Wildman–Crippen LogP) is 2.27. The van der Waals surface area contributed by atoms with E-state index < -0.39 is 0 Å². The highest BCUT2D eigenvalue weighted by Crippen LogP contribution is 2.35. The van der Waals surface area contributed by atoms with Crippen LogP contribution in [0.15, 0.2) is 27.8 Å². The second kappa shape index (κ2) is 9.88. The molecule has 0 spiro atoms. The molecule has 4 aliphatic heterocycles. The van der Waals surface area contributed by atoms with Crippen LogP contribution in [0.1, 0.15) is 50.8 Å². The van der Waals surface area contributed by atoms with Gasteiger partial charge in [0.25, 0.3) is 5.89 Å². The zero-order valence-corrected chi connectivity index (χ0v) is 20.2. The lowest BCUT2D eigenvalue weighted by Gasteiger charge is -2.40. The Morgan fingerprint density at radius 3 is 2.64 bits per heavy atom. The first-order chi connectivity index (χ1) is 17.6. The number of benzene rings is 1. The molecule has 0 saturated carbocycles. The molecule has 2 aromatic rings. The SMILES string of the molecule is O=C(CN1N=C(c2nc(-c3ccc4c(c3)OCO4)no2)CCC1=O)N1CCC(N2CCCCC2)CC1. The third-order valence-corrected chi connectivity index (χ3v) is 7.42. The summed E-state index contributed by atoms with van der Waals surface area (Å²) < 4.78 is 16.2. The minimum atomic E-state index is -0.175. The van der Waals surface area contributed by atoms with Gasteiger partial charge in [0, 0.05) is 37.5 Å². The normalized spacial score (nSPS) is 21.1. The van der Waals surface area contributed by atoms with E-state index in [9.17, 15) is 9.59 Å². The van der Waals surface area contributed by atoms with Gasteiger partial charge in [0.2, 0.25) is 24.4 Å². The summed E-state index contributed by atoms with van der Waals surface area (Å²) in [6.45, 7) is 3.91. The van der Waals surface area contributed by atoms with E-state index in [0.717, 1.165) is 31.5 Å². The van der Waals surface area contributed by atoms with Crippen molar-refractivity contribution in [2.24, 2.45) is 5.10 Å². The Labute approximate surface area is 209 Å². The molecule has 190 valence electrons. The minimum Gasteiger partial charge on any atom is -0.454 e. The van der Waals surface area contributed by atoms with Crippen LogP contribution in [0.5, 0.6) is 11.5 Å². The Bertz CT molecular complexity index is 1170. The van der Waals surface area contributed by atoms with Gasteiger partial charge in [-0.15, -0.1) is 0 Å². The van der Waals surface area contributed by atoms with E-state index >= 15 is 0 Å². The van der Waals surface area contributed by atoms with Gasteiger partial charge in [0.05, 0.1) is 0 Å². The second-order valence-electron chi connectivity index (χ2n) is 9.70. The number of fused-ring (bicyclic) bond motifs is 1. The number of hydrazone groups is 1. The van der Waals surface area contributed by atoms with E-state index in [1.165, 1.54) is 37.4 Å². The van der Waals surface area contributed by atoms with Crippen molar-refractivity contribution in [3.63, 3.8) is 0 Å². The van der Waals surface area contributed by atoms with Crippen LogP contribution in [-0.4, -0.2) is 88.0 Å². The molecule has 2 saturated heterocycles. The number of ether oxygens (including phenoxy) is 2. The summed E-state index contributed by atoms with van der Waals surface area (Å²) in [5.74, 6) is 1.69. The number of rotatable bonds is 5. The molecule has 2 amide bonds. The molecule has 6 rings (SSSR count). The summed E-state index contributed by atoms with van der Waals surface area (Å²) >= 11 is 0. The van der Waals surface area contributed by atoms with E-state index in [-0.39, 0.29) is 37.5 Å². The molecule has 11 heteroatoms. The molecule has 2 fully saturated rings. The highest BCUT2D eigenvalue weighted by Gasteiger charge is 2.31. The quantitative estimate of drug-likeness (QED) is 0.622. The first-order valence-corrected chi connectivity index (χ1v) is 12.8. The molecule has 0 unspecified atom stereocenters. The average molecular weight is 495 g/mol. The van der Waals surface area contributed by atoms with Crippen LogP contribution in [0.2, 0.25) is 0 Å². The Kier molecular flexibility index (Phi) is 6.30. The number of aromatic nitrogens is 2. The van der Waals surface area contributed by atoms with Crippen molar-refractivity contribution >= 4 is 17.5 Å². The van der Waals surface area contributed by atoms with Gasteiger partial charge in [-0.05, 0) is 57.0 Å². The summed E-state index contributed by atoms with van der Waals surface area (Å²) in [6, 6.07) is 5.98. The third kappa shape index (κ3) is 4.67. The molecule has 4 aliphatic rings. The fraction of sp³-hybridized carbons (Fsp3) is 0.560. The number of hydrogen-bond donors (Lipinski definition) is 0. The minimum absolute atomic E-state index is 0.0696. The molecular formula is C25H30N6O5. The fourth-order valence-corrected chi connectivity index (χ4v) is 5.36. The van der Waals surface area contributed by atoms with Gasteiger partial charge < -0.3 is 23.8 Å². The third-order valence-electron chi connectivity index (χ3n) is 7.42. The zero-order valence-electron chi connectivity index (χ0n) is 20.2. The highest BCUT2D eigenvalue weighted by molar-refractivity contribution is 6.01. The number of piperidine rings is 2. The number of nitrogens with zero attached hydrogens (tertiary/aromatic N) is 6. The standard InChI is InChI=1S/C25H30N6O5/c32-22-7-5-19(25-26-24(28-36-25)17-4-6-20-21(14-17)35-16-34-20)27-31(22)15-23(33)30-12-8-18(9-13-30)29-10-2-1-3-11-29/h4,6,14,18H,1-3,5,7-13,15-16H2. The summed E-state index contributed by atoms with van der Waals surface area (Å²) in [5, 5.41) is 9.74. The van der Waals surface area contributed by atoms with Gasteiger partial charge in [-0.2, -0.15) is 10.1 Å². The molecule has 0 bridgehead atoms. The van der Waals surface area contributed by atoms with Crippen molar-refractivity contribution < 1.29 is 23.6 Å². The fourth-order valence-electron chi connectivity index (χ4n) is 5.36. The molecule has 36 heavy (non-hydrogen) atoms. The largest absolute Gasteiger partial charge is 0.454 e. The summed E-state index contributed by atoms with van der Waals surface area (Å²) in [5.41, 5.74) is 1.23. The van der Waals surface area contributed by atoms with Crippen molar-refractivity contribution in [2.45, 2.75) is 51.0 Å². The van der Waals surface area contributed by atoms with Crippen LogP contribution in [0, 0.1) is 0 Å². The number of amides is 2. The average Bonchev–Trinajstić information content (AvgIpc) is 3.60. The summed E-state index contributed by atoms with van der Waals surface area (Å²) in [4.78, 5) is 34.4. The Morgan fingerprint density at radius 1 is 1.00 bits per heavy atom. The van der Waals surface area contributed by atoms with Gasteiger partial charge in [0.15, 0.2) is 11.5 Å². The molecular weight excluding hydrogens is 464 g/mol. The van der Waals surface area contributed by atoms with Crippen LogP contribution < -0.4 is 9.47 Å². The van der Waals surface area contributed by atoms with Crippen molar-refractivity contribution in [1.29, 1.82) is 0 Å². The van der Waals surface area contributed by atoms with Crippen LogP contribution in [-0.2, 0) is 9.59 Å². The summed E-state index contributed by atoms with van der Waals surface area (Å²) in [7, 11) is 0. The molecule has 5 heterocycles. The zero-order chi connectivity index (χ0) is 24.5. The van der Waals surface area contributed by atoms with Gasteiger partial charge in [0.1, 0.15) is 12.3 Å². The lowest BCUT2D eigenvalue weighted by molar-refractivity contribution is -0.141. The van der Waals surface area contributed by atoms with Crippen molar-refractivity contribution in [2.75, 3.05) is 39.5 Å². The second-order valence-corrected chi connectivity index (χ2v) is 9.70. The van der Waals surface area contributed by atoms with Crippen LogP contribution in [0.4, 0.5) is 0 Å². The summed E-state index contributed by atoms with van der Waals surface area (Å²) in [6.07, 6.45) is 6.46. The monoisotopic (exact) mass is 494 g/mol. The van der Waals surface area contributed by atoms with Crippen molar-refractivity contribution in [1.82, 2.24) is 24.9 Å². The lowest BCUT2D eigenvalue weighted by Crippen LogP contribution is -2.50. The topological polar surface area (TPSA) is 114 Å². The maximum atomic E-state index is 13.0. The van der Waals surface area contributed by atoms with Gasteiger partial charge in [-0.25, -0.2) is 5.01 Å². The maximum Gasteiger partial charge on any atom is 0.274 e. The van der Waals surface area contributed by atoms with Crippen molar-refractivity contribution in [3.05, 3.63) is 24.1 Å². The Balaban J connectivity index is 1.09. The number of carbonyl (C=O) groups excluding carboxylic acids is 2. The maximum absolute atomic E-state index is 13.0. The first kappa shape index (κ1) is 23.0. The molecule has 1 aromatic carbocycles. The number of likely N-dealkylation sites (tertiary alicyclic amines) is 2. The molecule has 0 aliphatic carbocycles. The Morgan fingerprint density at radius 2 is 1.81 bits per heavy atom. The van der Waals surface area contributed by atoms with Crippen LogP contribution in [0.25, 0.3) is 11.4 Å². The molecule has 0 N–H and O–H groups in total. The van der Waals surface area contributed by atoms with Crippen LogP contribution >= 0.6 is 0 Å². The molecule has 1 aromatic heterocycles. The van der Waals surface area contributed by atoms with Gasteiger partial charge in [-0.3, -0.25) is 9.59 Å². The predicted molar refractivity (Wildman–Crippen MR) is 128 cm³/mol. The molecule has 11 nitrogen and oxygen atoms in total. The highest BCUT2D eigenvalue weighted by atomic mass is 16.7. The van der Waals surface area contributed by atoms with Gasteiger partial charge in [-0.1, -0.05) is 11.6 Å². The van der Waals surface area contributed by atoms with E-state index in [1.54, 1.807) is 12.1 Å². The molecule has 0 radical (unpaired) electrons.